The van der Waals surface area contributed by atoms with Gasteiger partial charge < -0.3 is 4.90 Å². The number of amides is 1. The van der Waals surface area contributed by atoms with Crippen molar-refractivity contribution in [2.24, 2.45) is 0 Å². The maximum absolute atomic E-state index is 12.7. The van der Waals surface area contributed by atoms with Crippen LogP contribution in [0.15, 0.2) is 23.1 Å². The lowest BCUT2D eigenvalue weighted by molar-refractivity contribution is -0.127. The number of hydrogen-bond acceptors (Lipinski definition) is 4. The minimum atomic E-state index is -3.77. The molecule has 1 aromatic carbocycles. The summed E-state index contributed by atoms with van der Waals surface area (Å²) in [5.74, 6) is 0.216. The average Bonchev–Trinajstić information content (AvgIpc) is 2.44. The van der Waals surface area contributed by atoms with Crippen LogP contribution in [0, 0.1) is 0 Å². The molecule has 0 fully saturated rings. The topological polar surface area (TPSA) is 57.7 Å². The van der Waals surface area contributed by atoms with E-state index in [1.807, 2.05) is 6.07 Å². The van der Waals surface area contributed by atoms with Gasteiger partial charge in [-0.3, -0.25) is 9.10 Å². The molecule has 1 aliphatic heterocycles. The molecule has 0 aliphatic carbocycles. The third-order valence-electron chi connectivity index (χ3n) is 3.28. The Hall–Kier alpha value is -0.920. The fourth-order valence-electron chi connectivity index (χ4n) is 2.11. The van der Waals surface area contributed by atoms with Crippen molar-refractivity contribution < 1.29 is 13.2 Å². The summed E-state index contributed by atoms with van der Waals surface area (Å²) < 4.78 is 26.8. The Morgan fingerprint density at radius 1 is 1.43 bits per heavy atom. The minimum absolute atomic E-state index is 0.339. The van der Waals surface area contributed by atoms with Gasteiger partial charge in [0.15, 0.2) is 5.25 Å². The van der Waals surface area contributed by atoms with Crippen molar-refractivity contribution >= 4 is 45.0 Å². The number of sulfonamides is 1. The van der Waals surface area contributed by atoms with Crippen molar-refractivity contribution in [3.8, 4) is 0 Å². The quantitative estimate of drug-likeness (QED) is 0.839. The molecule has 8 heteroatoms. The van der Waals surface area contributed by atoms with E-state index in [9.17, 15) is 13.2 Å². The van der Waals surface area contributed by atoms with Crippen LogP contribution in [-0.2, 0) is 14.8 Å². The molecule has 0 spiro atoms. The van der Waals surface area contributed by atoms with Crippen LogP contribution < -0.4 is 4.31 Å². The smallest absolute Gasteiger partial charge is 0.246 e. The first-order chi connectivity index (χ1) is 9.75. The van der Waals surface area contributed by atoms with Gasteiger partial charge in [-0.25, -0.2) is 8.42 Å². The van der Waals surface area contributed by atoms with E-state index in [0.29, 0.717) is 23.0 Å². The molecule has 0 bridgehead atoms. The van der Waals surface area contributed by atoms with E-state index in [0.717, 1.165) is 4.90 Å². The second-order valence-electron chi connectivity index (χ2n) is 4.95. The number of hydrogen-bond donors (Lipinski definition) is 0. The minimum Gasteiger partial charge on any atom is -0.348 e. The van der Waals surface area contributed by atoms with Gasteiger partial charge in [0.05, 0.1) is 5.69 Å². The average molecular weight is 349 g/mol. The molecule has 0 unspecified atom stereocenters. The maximum Gasteiger partial charge on any atom is 0.246 e. The van der Waals surface area contributed by atoms with E-state index in [2.05, 4.69) is 0 Å². The van der Waals surface area contributed by atoms with Gasteiger partial charge in [0.1, 0.15) is 0 Å². The van der Waals surface area contributed by atoms with Crippen molar-refractivity contribution in [2.45, 2.75) is 17.1 Å². The molecule has 0 radical (unpaired) electrons. The predicted octanol–water partition coefficient (Wildman–Crippen LogP) is 2.06. The van der Waals surface area contributed by atoms with Gasteiger partial charge in [-0.2, -0.15) is 0 Å². The monoisotopic (exact) mass is 348 g/mol. The normalized spacial score (nSPS) is 16.3. The van der Waals surface area contributed by atoms with Crippen LogP contribution >= 0.6 is 23.4 Å². The Labute approximate surface area is 134 Å². The number of rotatable bonds is 3. The molecule has 21 heavy (non-hydrogen) atoms. The summed E-state index contributed by atoms with van der Waals surface area (Å²) in [5.41, 5.74) is 0.553. The summed E-state index contributed by atoms with van der Waals surface area (Å²) in [5, 5.41) is -0.648. The summed E-state index contributed by atoms with van der Waals surface area (Å²) in [7, 11) is -0.673. The first-order valence-corrected chi connectivity index (χ1v) is 9.27. The number of anilines is 1. The number of thioether (sulfide) groups is 1. The zero-order valence-corrected chi connectivity index (χ0v) is 14.4. The Morgan fingerprint density at radius 3 is 2.71 bits per heavy atom. The number of benzene rings is 1. The highest BCUT2D eigenvalue weighted by molar-refractivity contribution is 8.00. The van der Waals surface area contributed by atoms with Gasteiger partial charge in [-0.05, 0) is 25.1 Å². The SMILES string of the molecule is C[C@H](C(=O)N(C)C)S(=O)(=O)N1CCSc2ccc(Cl)cc21. The molecule has 0 saturated heterocycles. The standard InChI is InChI=1S/C13H17ClN2O3S2/c1-9(13(17)15(2)3)21(18,19)16-6-7-20-12-5-4-10(14)8-11(12)16/h4-5,8-9H,6-7H2,1-3H3/t9-/m1/s1. The lowest BCUT2D eigenvalue weighted by Crippen LogP contribution is -2.47. The molecule has 2 rings (SSSR count). The molecular weight excluding hydrogens is 332 g/mol. The second kappa shape index (κ2) is 6.06. The largest absolute Gasteiger partial charge is 0.348 e. The van der Waals surface area contributed by atoms with E-state index >= 15 is 0 Å². The lowest BCUT2D eigenvalue weighted by Gasteiger charge is -2.32. The molecule has 5 nitrogen and oxygen atoms in total. The molecule has 1 heterocycles. The summed E-state index contributed by atoms with van der Waals surface area (Å²) in [6, 6.07) is 5.17. The Bertz CT molecular complexity index is 661. The van der Waals surface area contributed by atoms with Crippen molar-refractivity contribution in [3.63, 3.8) is 0 Å². The van der Waals surface area contributed by atoms with E-state index in [1.165, 1.54) is 16.1 Å². The number of carbonyl (C=O) groups is 1. The van der Waals surface area contributed by atoms with Gasteiger partial charge in [-0.15, -0.1) is 11.8 Å². The van der Waals surface area contributed by atoms with E-state index in [4.69, 9.17) is 11.6 Å². The van der Waals surface area contributed by atoms with Gasteiger partial charge in [0.2, 0.25) is 15.9 Å². The highest BCUT2D eigenvalue weighted by atomic mass is 35.5. The van der Waals surface area contributed by atoms with Crippen LogP contribution in [0.3, 0.4) is 0 Å². The van der Waals surface area contributed by atoms with E-state index in [-0.39, 0.29) is 0 Å². The summed E-state index contributed by atoms with van der Waals surface area (Å²) in [6.45, 7) is 1.76. The number of fused-ring (bicyclic) bond motifs is 1. The van der Waals surface area contributed by atoms with Gasteiger partial charge in [-0.1, -0.05) is 11.6 Å². The zero-order valence-electron chi connectivity index (χ0n) is 12.0. The first kappa shape index (κ1) is 16.5. The number of halogens is 1. The molecule has 1 aromatic rings. The van der Waals surface area contributed by atoms with Crippen LogP contribution in [0.25, 0.3) is 0 Å². The third-order valence-corrected chi connectivity index (χ3v) is 6.65. The summed E-state index contributed by atoms with van der Waals surface area (Å²) >= 11 is 7.56. The Kier molecular flexibility index (Phi) is 4.75. The maximum atomic E-state index is 12.7. The van der Waals surface area contributed by atoms with Crippen molar-refractivity contribution in [1.82, 2.24) is 4.90 Å². The fourth-order valence-corrected chi connectivity index (χ4v) is 5.05. The van der Waals surface area contributed by atoms with Crippen LogP contribution in [0.4, 0.5) is 5.69 Å². The molecule has 0 N–H and O–H groups in total. The van der Waals surface area contributed by atoms with Crippen LogP contribution in [0.5, 0.6) is 0 Å². The molecular formula is C13H17ClN2O3S2. The molecule has 1 atom stereocenters. The van der Waals surface area contributed by atoms with Crippen LogP contribution in [-0.4, -0.2) is 50.9 Å². The van der Waals surface area contributed by atoms with Crippen molar-refractivity contribution in [2.75, 3.05) is 30.7 Å². The molecule has 116 valence electrons. The van der Waals surface area contributed by atoms with Crippen molar-refractivity contribution in [1.29, 1.82) is 0 Å². The molecule has 0 aromatic heterocycles. The highest BCUT2D eigenvalue weighted by Crippen LogP contribution is 2.38. The van der Waals surface area contributed by atoms with E-state index in [1.54, 1.807) is 38.0 Å². The second-order valence-corrected chi connectivity index (χ2v) is 8.70. The van der Waals surface area contributed by atoms with Gasteiger partial charge in [0.25, 0.3) is 0 Å². The Morgan fingerprint density at radius 2 is 2.10 bits per heavy atom. The molecule has 1 amide bonds. The predicted molar refractivity (Wildman–Crippen MR) is 86.6 cm³/mol. The van der Waals surface area contributed by atoms with Crippen molar-refractivity contribution in [3.05, 3.63) is 23.2 Å². The highest BCUT2D eigenvalue weighted by Gasteiger charge is 2.37. The third kappa shape index (κ3) is 3.14. The fraction of sp³-hybridized carbons (Fsp3) is 0.462. The van der Waals surface area contributed by atoms with E-state index < -0.39 is 21.2 Å². The van der Waals surface area contributed by atoms with Gasteiger partial charge >= 0.3 is 0 Å². The number of nitrogens with zero attached hydrogens (tertiary/aromatic N) is 2. The summed E-state index contributed by atoms with van der Waals surface area (Å²) in [4.78, 5) is 14.2. The van der Waals surface area contributed by atoms with Crippen LogP contribution in [0.2, 0.25) is 5.02 Å². The lowest BCUT2D eigenvalue weighted by atomic mass is 10.3. The van der Waals surface area contributed by atoms with Crippen LogP contribution in [0.1, 0.15) is 6.92 Å². The van der Waals surface area contributed by atoms with Gasteiger partial charge in [0, 0.05) is 36.3 Å². The first-order valence-electron chi connectivity index (χ1n) is 6.40. The Balaban J connectivity index is 2.43. The zero-order chi connectivity index (χ0) is 15.8. The summed E-state index contributed by atoms with van der Waals surface area (Å²) in [6.07, 6.45) is 0. The molecule has 1 aliphatic rings. The molecule has 0 saturated carbocycles. The number of carbonyl (C=O) groups excluding carboxylic acids is 1.